The SMILES string of the molecule is BNPOC(=O)N(C)[C@H]1CCNC1. The zero-order valence-electron chi connectivity index (χ0n) is 7.96. The Balaban J connectivity index is 2.28. The minimum Gasteiger partial charge on any atom is -0.416 e. The first-order valence-electron chi connectivity index (χ1n) is 4.31. The van der Waals surface area contributed by atoms with E-state index in [1.54, 1.807) is 19.9 Å². The van der Waals surface area contributed by atoms with Gasteiger partial charge in [0.05, 0.1) is 0 Å². The van der Waals surface area contributed by atoms with Crippen molar-refractivity contribution in [3.63, 3.8) is 0 Å². The predicted octanol–water partition coefficient (Wildman–Crippen LogP) is -0.937. The quantitative estimate of drug-likeness (QED) is 0.459. The Labute approximate surface area is 80.9 Å². The number of carbonyl (C=O) groups is 1. The van der Waals surface area contributed by atoms with Crippen LogP contribution in [0.15, 0.2) is 0 Å². The highest BCUT2D eigenvalue weighted by atomic mass is 31.1. The zero-order chi connectivity index (χ0) is 9.68. The number of amides is 1. The van der Waals surface area contributed by atoms with Crippen molar-refractivity contribution in [2.45, 2.75) is 12.5 Å². The van der Waals surface area contributed by atoms with Gasteiger partial charge in [0.1, 0.15) is 8.96 Å². The van der Waals surface area contributed by atoms with Gasteiger partial charge in [-0.2, -0.15) is 0 Å². The lowest BCUT2D eigenvalue weighted by Gasteiger charge is -2.22. The lowest BCUT2D eigenvalue weighted by atomic mass is 10.2. The van der Waals surface area contributed by atoms with Crippen molar-refractivity contribution in [2.75, 3.05) is 20.1 Å². The van der Waals surface area contributed by atoms with Gasteiger partial charge in [0.2, 0.25) is 0 Å². The summed E-state index contributed by atoms with van der Waals surface area (Å²) in [6.07, 6.45) is 0.759. The first-order chi connectivity index (χ1) is 6.25. The third-order valence-electron chi connectivity index (χ3n) is 2.11. The first kappa shape index (κ1) is 10.8. The van der Waals surface area contributed by atoms with Crippen LogP contribution in [0.1, 0.15) is 6.42 Å². The minimum absolute atomic E-state index is 0.0423. The third kappa shape index (κ3) is 3.14. The van der Waals surface area contributed by atoms with Crippen LogP contribution in [0.5, 0.6) is 0 Å². The molecule has 0 aromatic rings. The van der Waals surface area contributed by atoms with Gasteiger partial charge in [0.25, 0.3) is 0 Å². The highest BCUT2D eigenvalue weighted by Crippen LogP contribution is 2.12. The lowest BCUT2D eigenvalue weighted by molar-refractivity contribution is 0.154. The van der Waals surface area contributed by atoms with E-state index >= 15 is 0 Å². The molecule has 0 radical (unpaired) electrons. The fraction of sp³-hybridized carbons (Fsp3) is 0.833. The van der Waals surface area contributed by atoms with Gasteiger partial charge in [-0.3, -0.25) is 0 Å². The first-order valence-corrected chi connectivity index (χ1v) is 5.22. The number of carbonyl (C=O) groups excluding carboxylic acids is 1. The van der Waals surface area contributed by atoms with Crippen molar-refractivity contribution in [1.82, 2.24) is 15.2 Å². The smallest absolute Gasteiger partial charge is 0.413 e. The topological polar surface area (TPSA) is 53.6 Å². The molecule has 1 aliphatic rings. The number of nitrogens with one attached hydrogen (secondary N) is 2. The predicted molar refractivity (Wildman–Crippen MR) is 55.5 cm³/mol. The molecule has 1 rings (SSSR count). The van der Waals surface area contributed by atoms with Crippen LogP contribution in [-0.2, 0) is 4.52 Å². The van der Waals surface area contributed by atoms with E-state index in [4.69, 9.17) is 4.52 Å². The normalized spacial score (nSPS) is 22.4. The molecule has 1 fully saturated rings. The number of rotatable bonds is 3. The molecule has 1 unspecified atom stereocenters. The largest absolute Gasteiger partial charge is 0.416 e. The molecule has 0 bridgehead atoms. The van der Waals surface area contributed by atoms with E-state index in [2.05, 4.69) is 10.3 Å². The van der Waals surface area contributed by atoms with Gasteiger partial charge in [-0.05, 0) is 13.0 Å². The van der Waals surface area contributed by atoms with Gasteiger partial charge in [-0.25, -0.2) is 4.79 Å². The summed E-state index contributed by atoms with van der Waals surface area (Å²) >= 11 is 0. The number of likely N-dealkylation sites (N-methyl/N-ethyl adjacent to an activating group) is 1. The maximum atomic E-state index is 11.3. The van der Waals surface area contributed by atoms with Gasteiger partial charge < -0.3 is 19.7 Å². The Hall–Kier alpha value is -0.315. The van der Waals surface area contributed by atoms with Gasteiger partial charge in [0.15, 0.2) is 7.98 Å². The highest BCUT2D eigenvalue weighted by molar-refractivity contribution is 7.32. The molecule has 5 nitrogen and oxygen atoms in total. The Morgan fingerprint density at radius 3 is 3.15 bits per heavy atom. The molecule has 2 N–H and O–H groups in total. The zero-order valence-corrected chi connectivity index (χ0v) is 8.96. The Kier molecular flexibility index (Phi) is 4.49. The van der Waals surface area contributed by atoms with Crippen molar-refractivity contribution >= 4 is 23.0 Å². The van der Waals surface area contributed by atoms with Gasteiger partial charge >= 0.3 is 6.09 Å². The van der Waals surface area contributed by atoms with E-state index in [0.717, 1.165) is 19.5 Å². The van der Waals surface area contributed by atoms with Crippen molar-refractivity contribution in [2.24, 2.45) is 0 Å². The molecule has 0 spiro atoms. The minimum atomic E-state index is -0.249. The highest BCUT2D eigenvalue weighted by Gasteiger charge is 2.23. The second kappa shape index (κ2) is 5.42. The molecular weight excluding hydrogens is 188 g/mol. The maximum Gasteiger partial charge on any atom is 0.413 e. The Morgan fingerprint density at radius 1 is 1.85 bits per heavy atom. The molecule has 1 amide bonds. The molecule has 74 valence electrons. The van der Waals surface area contributed by atoms with Crippen LogP contribution in [0, 0.1) is 0 Å². The van der Waals surface area contributed by atoms with Crippen molar-refractivity contribution in [3.05, 3.63) is 0 Å². The van der Waals surface area contributed by atoms with E-state index in [9.17, 15) is 4.79 Å². The second-order valence-electron chi connectivity index (χ2n) is 2.98. The Morgan fingerprint density at radius 2 is 2.62 bits per heavy atom. The van der Waals surface area contributed by atoms with Crippen molar-refractivity contribution in [3.8, 4) is 0 Å². The molecule has 7 heteroatoms. The van der Waals surface area contributed by atoms with E-state index < -0.39 is 0 Å². The van der Waals surface area contributed by atoms with Crippen molar-refractivity contribution in [1.29, 1.82) is 0 Å². The van der Waals surface area contributed by atoms with Crippen LogP contribution in [0.3, 0.4) is 0 Å². The van der Waals surface area contributed by atoms with E-state index in [1.165, 1.54) is 0 Å². The summed E-state index contributed by atoms with van der Waals surface area (Å²) in [6, 6.07) is 0.286. The van der Waals surface area contributed by atoms with Gasteiger partial charge in [0, 0.05) is 19.6 Å². The summed E-state index contributed by atoms with van der Waals surface area (Å²) in [6.45, 7) is 1.85. The van der Waals surface area contributed by atoms with Gasteiger partial charge in [-0.15, -0.1) is 0 Å². The average Bonchev–Trinajstić information content (AvgIpc) is 2.65. The summed E-state index contributed by atoms with van der Waals surface area (Å²) < 4.78 is 4.94. The monoisotopic (exact) mass is 203 g/mol. The van der Waals surface area contributed by atoms with E-state index in [-0.39, 0.29) is 21.1 Å². The van der Waals surface area contributed by atoms with Crippen LogP contribution in [-0.4, -0.2) is 45.2 Å². The average molecular weight is 203 g/mol. The van der Waals surface area contributed by atoms with Crippen molar-refractivity contribution < 1.29 is 9.32 Å². The van der Waals surface area contributed by atoms with Crippen LogP contribution in [0.25, 0.3) is 0 Å². The molecule has 0 aromatic carbocycles. The van der Waals surface area contributed by atoms with Gasteiger partial charge in [-0.1, -0.05) is 0 Å². The standard InChI is InChI=1S/C6H15BN3O2P/c1-10(5-2-3-8-4-5)6(11)12-13-9-7/h5,8-9,13H,2-4,7H2,1H3/t5-/m0/s1. The molecule has 13 heavy (non-hydrogen) atoms. The fourth-order valence-corrected chi connectivity index (χ4v) is 1.62. The summed E-state index contributed by atoms with van der Waals surface area (Å²) in [5.74, 6) is 0. The molecule has 1 aliphatic heterocycles. The maximum absolute atomic E-state index is 11.3. The van der Waals surface area contributed by atoms with Crippen LogP contribution < -0.4 is 10.3 Å². The van der Waals surface area contributed by atoms with E-state index in [1.807, 2.05) is 0 Å². The molecule has 1 heterocycles. The molecule has 0 aromatic heterocycles. The second-order valence-corrected chi connectivity index (χ2v) is 3.89. The summed E-state index contributed by atoms with van der Waals surface area (Å²) in [5.41, 5.74) is 0. The summed E-state index contributed by atoms with van der Waals surface area (Å²) in [7, 11) is 3.57. The molecule has 2 atom stereocenters. The summed E-state index contributed by atoms with van der Waals surface area (Å²) in [5, 5.41) is 3.20. The fourth-order valence-electron chi connectivity index (χ4n) is 1.29. The lowest BCUT2D eigenvalue weighted by Crippen LogP contribution is -2.37. The summed E-state index contributed by atoms with van der Waals surface area (Å²) in [4.78, 5) is 15.8. The molecular formula is C6H15BN3O2P. The Bertz CT molecular complexity index is 177. The van der Waals surface area contributed by atoms with Crippen LogP contribution >= 0.6 is 8.96 Å². The van der Waals surface area contributed by atoms with Crippen LogP contribution in [0.2, 0.25) is 0 Å². The molecule has 1 saturated heterocycles. The number of hydrogen-bond acceptors (Lipinski definition) is 4. The third-order valence-corrected chi connectivity index (χ3v) is 2.59. The van der Waals surface area contributed by atoms with Crippen LogP contribution in [0.4, 0.5) is 4.79 Å². The van der Waals surface area contributed by atoms with E-state index in [0.29, 0.717) is 0 Å². The number of nitrogens with zero attached hydrogens (tertiary/aromatic N) is 1. The molecule has 0 aliphatic carbocycles. The molecule has 0 saturated carbocycles. The number of hydrogen-bond donors (Lipinski definition) is 2.